The van der Waals surface area contributed by atoms with Gasteiger partial charge in [-0.2, -0.15) is 0 Å². The average Bonchev–Trinajstić information content (AvgIpc) is 2.88. The van der Waals surface area contributed by atoms with Crippen LogP contribution in [-0.4, -0.2) is 60.4 Å². The molecule has 2 aromatic heterocycles. The molecule has 1 N–H and O–H groups in total. The van der Waals surface area contributed by atoms with Gasteiger partial charge in [0.2, 0.25) is 0 Å². The van der Waals surface area contributed by atoms with E-state index in [2.05, 4.69) is 15.2 Å². The number of ether oxygens (including phenoxy) is 2. The van der Waals surface area contributed by atoms with Crippen LogP contribution >= 0.6 is 0 Å². The van der Waals surface area contributed by atoms with Gasteiger partial charge in [-0.15, -0.1) is 0 Å². The fourth-order valence-corrected chi connectivity index (χ4v) is 5.29. The Kier molecular flexibility index (Phi) is 6.83. The number of likely N-dealkylation sites (tertiary alicyclic amines) is 1. The Balaban J connectivity index is 1.29. The zero-order valence-corrected chi connectivity index (χ0v) is 20.1. The van der Waals surface area contributed by atoms with Gasteiger partial charge < -0.3 is 24.3 Å². The molecule has 7 nitrogen and oxygen atoms in total. The third kappa shape index (κ3) is 4.81. The molecule has 0 unspecified atom stereocenters. The molecule has 0 radical (unpaired) electrons. The lowest BCUT2D eigenvalue weighted by molar-refractivity contribution is 0.0853. The number of rotatable bonds is 6. The second-order valence-electron chi connectivity index (χ2n) is 9.56. The van der Waals surface area contributed by atoms with Gasteiger partial charge in [-0.1, -0.05) is 6.07 Å². The molecule has 2 saturated heterocycles. The molecule has 1 aromatic carbocycles. The lowest BCUT2D eigenvalue weighted by Crippen LogP contribution is -2.42. The zero-order valence-electron chi connectivity index (χ0n) is 20.1. The maximum absolute atomic E-state index is 12.5. The Morgan fingerprint density at radius 2 is 1.85 bits per heavy atom. The Labute approximate surface area is 200 Å². The summed E-state index contributed by atoms with van der Waals surface area (Å²) in [4.78, 5) is 19.3. The minimum Gasteiger partial charge on any atom is -0.493 e. The summed E-state index contributed by atoms with van der Waals surface area (Å²) in [5.41, 5.74) is 1.90. The summed E-state index contributed by atoms with van der Waals surface area (Å²) < 4.78 is 13.7. The smallest absolute Gasteiger partial charge is 0.259 e. The summed E-state index contributed by atoms with van der Waals surface area (Å²) in [6, 6.07) is 7.93. The van der Waals surface area contributed by atoms with Gasteiger partial charge >= 0.3 is 0 Å². The Bertz CT molecular complexity index is 1190. The van der Waals surface area contributed by atoms with Crippen LogP contribution in [0.2, 0.25) is 0 Å². The highest BCUT2D eigenvalue weighted by atomic mass is 16.5. The first-order chi connectivity index (χ1) is 16.6. The first-order valence-corrected chi connectivity index (χ1v) is 12.3. The Hall–Kier alpha value is -2.90. The minimum absolute atomic E-state index is 0.0507. The summed E-state index contributed by atoms with van der Waals surface area (Å²) in [6.07, 6.45) is 10.1. The third-order valence-electron chi connectivity index (χ3n) is 7.26. The maximum Gasteiger partial charge on any atom is 0.259 e. The molecule has 7 heteroatoms. The summed E-state index contributed by atoms with van der Waals surface area (Å²) in [6.45, 7) is 5.72. The largest absolute Gasteiger partial charge is 0.493 e. The van der Waals surface area contributed by atoms with E-state index >= 15 is 0 Å². The molecule has 4 heterocycles. The number of aryl methyl sites for hydroxylation is 1. The SMILES string of the molecule is COc1cc(-c2cn(C)c(=O)c3cnccc23)ccc1OC1CCN(CC2CCNCC2)CC1. The predicted molar refractivity (Wildman–Crippen MR) is 135 cm³/mol. The number of aromatic nitrogens is 2. The highest BCUT2D eigenvalue weighted by Crippen LogP contribution is 2.36. The molecule has 0 spiro atoms. The number of hydrogen-bond acceptors (Lipinski definition) is 6. The molecule has 0 amide bonds. The van der Waals surface area contributed by atoms with E-state index in [-0.39, 0.29) is 11.7 Å². The second-order valence-corrected chi connectivity index (χ2v) is 9.56. The number of nitrogens with one attached hydrogen (secondary N) is 1. The lowest BCUT2D eigenvalue weighted by atomic mass is 9.96. The summed E-state index contributed by atoms with van der Waals surface area (Å²) in [5.74, 6) is 2.32. The van der Waals surface area contributed by atoms with Crippen molar-refractivity contribution in [3.63, 3.8) is 0 Å². The van der Waals surface area contributed by atoms with E-state index in [0.29, 0.717) is 11.1 Å². The van der Waals surface area contributed by atoms with E-state index in [1.54, 1.807) is 31.1 Å². The van der Waals surface area contributed by atoms with E-state index in [1.165, 1.54) is 19.4 Å². The van der Waals surface area contributed by atoms with Crippen molar-refractivity contribution < 1.29 is 9.47 Å². The van der Waals surface area contributed by atoms with Crippen LogP contribution in [-0.2, 0) is 7.05 Å². The number of benzene rings is 1. The van der Waals surface area contributed by atoms with Gasteiger partial charge in [0.05, 0.1) is 12.5 Å². The first kappa shape index (κ1) is 22.9. The molecule has 3 aromatic rings. The molecule has 0 atom stereocenters. The molecular formula is C27H34N4O3. The van der Waals surface area contributed by atoms with Crippen LogP contribution in [0.25, 0.3) is 21.9 Å². The number of methoxy groups -OCH3 is 1. The minimum atomic E-state index is -0.0507. The van der Waals surface area contributed by atoms with Crippen LogP contribution in [0.4, 0.5) is 0 Å². The fourth-order valence-electron chi connectivity index (χ4n) is 5.29. The standard InChI is InChI=1S/C27H34N4O3/c1-30-18-24(22-7-12-29-16-23(22)27(30)32)20-3-4-25(26(15-20)33-2)34-21-8-13-31(14-9-21)17-19-5-10-28-11-6-19/h3-4,7,12,15-16,18-19,21,28H,5-6,8-11,13-14,17H2,1-2H3. The van der Waals surface area contributed by atoms with Gasteiger partial charge in [0, 0.05) is 50.8 Å². The van der Waals surface area contributed by atoms with E-state index in [4.69, 9.17) is 9.47 Å². The van der Waals surface area contributed by atoms with Crippen molar-refractivity contribution in [2.45, 2.75) is 31.8 Å². The summed E-state index contributed by atoms with van der Waals surface area (Å²) in [5, 5.41) is 4.95. The van der Waals surface area contributed by atoms with E-state index in [9.17, 15) is 4.79 Å². The third-order valence-corrected chi connectivity index (χ3v) is 7.26. The van der Waals surface area contributed by atoms with E-state index < -0.39 is 0 Å². The van der Waals surface area contributed by atoms with Crippen LogP contribution in [0.1, 0.15) is 25.7 Å². The number of nitrogens with zero attached hydrogens (tertiary/aromatic N) is 3. The summed E-state index contributed by atoms with van der Waals surface area (Å²) >= 11 is 0. The van der Waals surface area contributed by atoms with Crippen LogP contribution in [0.5, 0.6) is 11.5 Å². The van der Waals surface area contributed by atoms with Crippen molar-refractivity contribution in [1.82, 2.24) is 19.8 Å². The number of hydrogen-bond donors (Lipinski definition) is 1. The molecule has 0 bridgehead atoms. The molecular weight excluding hydrogens is 428 g/mol. The Morgan fingerprint density at radius 1 is 1.06 bits per heavy atom. The van der Waals surface area contributed by atoms with Gasteiger partial charge in [-0.3, -0.25) is 9.78 Å². The molecule has 0 saturated carbocycles. The molecule has 5 rings (SSSR count). The highest BCUT2D eigenvalue weighted by molar-refractivity contribution is 5.95. The van der Waals surface area contributed by atoms with Crippen LogP contribution in [0.15, 0.2) is 47.7 Å². The molecule has 34 heavy (non-hydrogen) atoms. The van der Waals surface area contributed by atoms with Crippen molar-refractivity contribution >= 4 is 10.8 Å². The molecule has 2 fully saturated rings. The van der Waals surface area contributed by atoms with E-state index in [1.807, 2.05) is 30.5 Å². The van der Waals surface area contributed by atoms with Gasteiger partial charge in [-0.25, -0.2) is 0 Å². The van der Waals surface area contributed by atoms with Crippen LogP contribution in [0, 0.1) is 5.92 Å². The fraction of sp³-hybridized carbons (Fsp3) is 0.481. The van der Waals surface area contributed by atoms with Crippen LogP contribution < -0.4 is 20.3 Å². The van der Waals surface area contributed by atoms with Crippen molar-refractivity contribution in [3.8, 4) is 22.6 Å². The molecule has 180 valence electrons. The topological polar surface area (TPSA) is 68.6 Å². The Morgan fingerprint density at radius 3 is 2.62 bits per heavy atom. The number of piperidine rings is 2. The van der Waals surface area contributed by atoms with Crippen LogP contribution in [0.3, 0.4) is 0 Å². The van der Waals surface area contributed by atoms with Crippen molar-refractivity contribution in [2.24, 2.45) is 13.0 Å². The molecule has 0 aliphatic carbocycles. The first-order valence-electron chi connectivity index (χ1n) is 12.3. The number of pyridine rings is 2. The molecule has 2 aliphatic heterocycles. The van der Waals surface area contributed by atoms with Crippen molar-refractivity contribution in [2.75, 3.05) is 39.8 Å². The average molecular weight is 463 g/mol. The zero-order chi connectivity index (χ0) is 23.5. The highest BCUT2D eigenvalue weighted by Gasteiger charge is 2.24. The van der Waals surface area contributed by atoms with Gasteiger partial charge in [-0.05, 0) is 73.8 Å². The van der Waals surface area contributed by atoms with Gasteiger partial charge in [0.25, 0.3) is 5.56 Å². The monoisotopic (exact) mass is 462 g/mol. The van der Waals surface area contributed by atoms with Gasteiger partial charge in [0.1, 0.15) is 6.10 Å². The summed E-state index contributed by atoms with van der Waals surface area (Å²) in [7, 11) is 3.45. The van der Waals surface area contributed by atoms with Crippen molar-refractivity contribution in [1.29, 1.82) is 0 Å². The predicted octanol–water partition coefficient (Wildman–Crippen LogP) is 3.45. The number of fused-ring (bicyclic) bond motifs is 1. The van der Waals surface area contributed by atoms with Crippen molar-refractivity contribution in [3.05, 3.63) is 53.2 Å². The molecule has 2 aliphatic rings. The van der Waals surface area contributed by atoms with Gasteiger partial charge in [0.15, 0.2) is 11.5 Å². The second kappa shape index (κ2) is 10.2. The van der Waals surface area contributed by atoms with E-state index in [0.717, 1.165) is 67.2 Å². The normalized spacial score (nSPS) is 18.3. The quantitative estimate of drug-likeness (QED) is 0.605. The lowest BCUT2D eigenvalue weighted by Gasteiger charge is -2.35. The maximum atomic E-state index is 12.5.